The Labute approximate surface area is 102 Å². The quantitative estimate of drug-likeness (QED) is 0.817. The van der Waals surface area contributed by atoms with Crippen LogP contribution < -0.4 is 10.6 Å². The lowest BCUT2D eigenvalue weighted by atomic mass is 10.0. The molecule has 1 aromatic carbocycles. The Hall–Kier alpha value is -1.51. The monoisotopic (exact) mass is 230 g/mol. The number of carbonyl (C=O) groups is 1. The molecule has 90 valence electrons. The number of carbonyl (C=O) groups excluding carboxylic acids is 1. The first kappa shape index (κ1) is 10.6. The molecule has 1 heterocycles. The molecule has 2 unspecified atom stereocenters. The fraction of sp³-hybridized carbons (Fsp3) is 0.500. The van der Waals surface area contributed by atoms with E-state index in [0.717, 1.165) is 24.2 Å². The molecule has 1 aliphatic heterocycles. The van der Waals surface area contributed by atoms with Gasteiger partial charge in [0, 0.05) is 18.3 Å². The van der Waals surface area contributed by atoms with E-state index >= 15 is 0 Å². The van der Waals surface area contributed by atoms with Gasteiger partial charge in [-0.2, -0.15) is 0 Å². The average molecular weight is 230 g/mol. The van der Waals surface area contributed by atoms with E-state index in [1.807, 2.05) is 24.3 Å². The van der Waals surface area contributed by atoms with Crippen LogP contribution in [0.15, 0.2) is 24.3 Å². The second-order valence-corrected chi connectivity index (χ2v) is 5.77. The average Bonchev–Trinajstić information content (AvgIpc) is 2.76. The van der Waals surface area contributed by atoms with E-state index in [9.17, 15) is 4.79 Å². The Morgan fingerprint density at radius 1 is 1.41 bits per heavy atom. The fourth-order valence-electron chi connectivity index (χ4n) is 2.50. The molecule has 0 radical (unpaired) electrons. The highest BCUT2D eigenvalue weighted by Gasteiger charge is 2.47. The lowest BCUT2D eigenvalue weighted by molar-refractivity contribution is -0.122. The highest BCUT2D eigenvalue weighted by atomic mass is 16.2. The van der Waals surface area contributed by atoms with Crippen molar-refractivity contribution in [1.82, 2.24) is 5.32 Å². The van der Waals surface area contributed by atoms with Crippen LogP contribution in [0, 0.1) is 5.41 Å². The number of para-hydroxylation sites is 1. The molecule has 1 fully saturated rings. The van der Waals surface area contributed by atoms with Crippen molar-refractivity contribution in [2.75, 3.05) is 11.9 Å². The zero-order chi connectivity index (χ0) is 12.0. The van der Waals surface area contributed by atoms with E-state index in [1.54, 1.807) is 0 Å². The van der Waals surface area contributed by atoms with Crippen LogP contribution in [0.25, 0.3) is 0 Å². The fourth-order valence-corrected chi connectivity index (χ4v) is 2.50. The molecule has 0 aromatic heterocycles. The van der Waals surface area contributed by atoms with Gasteiger partial charge in [-0.25, -0.2) is 0 Å². The van der Waals surface area contributed by atoms with Crippen LogP contribution in [0.5, 0.6) is 0 Å². The van der Waals surface area contributed by atoms with Gasteiger partial charge in [-0.15, -0.1) is 0 Å². The van der Waals surface area contributed by atoms with Crippen molar-refractivity contribution in [3.63, 3.8) is 0 Å². The van der Waals surface area contributed by atoms with Crippen molar-refractivity contribution in [3.8, 4) is 0 Å². The standard InChI is InChI=1S/C14H18N2O/c1-14(2)7-12(14)16-13(17)10-8-15-11-6-4-3-5-9(10)11/h3-6,10,12,15H,7-8H2,1-2H3,(H,16,17). The molecule has 0 saturated heterocycles. The third-order valence-corrected chi connectivity index (χ3v) is 3.98. The maximum absolute atomic E-state index is 12.2. The van der Waals surface area contributed by atoms with Crippen molar-refractivity contribution >= 4 is 11.6 Å². The second-order valence-electron chi connectivity index (χ2n) is 5.77. The molecule has 1 aliphatic carbocycles. The summed E-state index contributed by atoms with van der Waals surface area (Å²) in [4.78, 5) is 12.2. The van der Waals surface area contributed by atoms with Crippen LogP contribution in [-0.4, -0.2) is 18.5 Å². The predicted octanol–water partition coefficient (Wildman–Crippen LogP) is 2.11. The second kappa shape index (κ2) is 3.49. The topological polar surface area (TPSA) is 41.1 Å². The number of hydrogen-bond donors (Lipinski definition) is 2. The third kappa shape index (κ3) is 1.79. The SMILES string of the molecule is CC1(C)CC1NC(=O)C1CNc2ccccc21. The van der Waals surface area contributed by atoms with Crippen molar-refractivity contribution in [1.29, 1.82) is 0 Å². The molecule has 1 amide bonds. The molecular weight excluding hydrogens is 212 g/mol. The molecule has 3 nitrogen and oxygen atoms in total. The lowest BCUT2D eigenvalue weighted by Gasteiger charge is -2.12. The number of hydrogen-bond acceptors (Lipinski definition) is 2. The smallest absolute Gasteiger partial charge is 0.229 e. The minimum Gasteiger partial charge on any atom is -0.384 e. The molecule has 2 atom stereocenters. The Bertz CT molecular complexity index is 467. The summed E-state index contributed by atoms with van der Waals surface area (Å²) in [6.45, 7) is 5.11. The van der Waals surface area contributed by atoms with Crippen LogP contribution >= 0.6 is 0 Å². The Kier molecular flexibility index (Phi) is 2.18. The summed E-state index contributed by atoms with van der Waals surface area (Å²) in [5.41, 5.74) is 2.52. The Morgan fingerprint density at radius 3 is 2.82 bits per heavy atom. The molecule has 2 aliphatic rings. The van der Waals surface area contributed by atoms with Crippen molar-refractivity contribution < 1.29 is 4.79 Å². The molecule has 1 aromatic rings. The van der Waals surface area contributed by atoms with Crippen LogP contribution in [0.3, 0.4) is 0 Å². The van der Waals surface area contributed by atoms with Gasteiger partial charge in [0.05, 0.1) is 5.92 Å². The summed E-state index contributed by atoms with van der Waals surface area (Å²) in [7, 11) is 0. The first-order chi connectivity index (χ1) is 8.08. The van der Waals surface area contributed by atoms with Crippen molar-refractivity contribution in [2.24, 2.45) is 5.41 Å². The number of anilines is 1. The molecular formula is C14H18N2O. The number of fused-ring (bicyclic) bond motifs is 1. The minimum absolute atomic E-state index is 0.0254. The van der Waals surface area contributed by atoms with Crippen molar-refractivity contribution in [3.05, 3.63) is 29.8 Å². The maximum Gasteiger partial charge on any atom is 0.229 e. The maximum atomic E-state index is 12.2. The first-order valence-corrected chi connectivity index (χ1v) is 6.21. The van der Waals surface area contributed by atoms with Gasteiger partial charge >= 0.3 is 0 Å². The lowest BCUT2D eigenvalue weighted by Crippen LogP contribution is -2.33. The van der Waals surface area contributed by atoms with Crippen molar-refractivity contribution in [2.45, 2.75) is 32.2 Å². The first-order valence-electron chi connectivity index (χ1n) is 6.21. The molecule has 0 bridgehead atoms. The number of amides is 1. The Morgan fingerprint density at radius 2 is 2.12 bits per heavy atom. The summed E-state index contributed by atoms with van der Waals surface area (Å²) in [5, 5.41) is 6.43. The van der Waals surface area contributed by atoms with Crippen LogP contribution in [0.4, 0.5) is 5.69 Å². The van der Waals surface area contributed by atoms with Gasteiger partial charge in [-0.05, 0) is 23.5 Å². The highest BCUT2D eigenvalue weighted by molar-refractivity contribution is 5.88. The van der Waals surface area contributed by atoms with Gasteiger partial charge in [-0.3, -0.25) is 4.79 Å². The van der Waals surface area contributed by atoms with E-state index in [1.165, 1.54) is 0 Å². The summed E-state index contributed by atoms with van der Waals surface area (Å²) < 4.78 is 0. The van der Waals surface area contributed by atoms with E-state index < -0.39 is 0 Å². The van der Waals surface area contributed by atoms with Crippen LogP contribution in [0.1, 0.15) is 31.7 Å². The number of nitrogens with one attached hydrogen (secondary N) is 2. The molecule has 1 saturated carbocycles. The van der Waals surface area contributed by atoms with Gasteiger partial charge < -0.3 is 10.6 Å². The molecule has 2 N–H and O–H groups in total. The summed E-state index contributed by atoms with van der Waals surface area (Å²) in [5.74, 6) is 0.139. The Balaban J connectivity index is 1.72. The zero-order valence-corrected chi connectivity index (χ0v) is 10.3. The third-order valence-electron chi connectivity index (χ3n) is 3.98. The largest absolute Gasteiger partial charge is 0.384 e. The molecule has 3 rings (SSSR count). The number of benzene rings is 1. The van der Waals surface area contributed by atoms with Crippen LogP contribution in [0.2, 0.25) is 0 Å². The molecule has 0 spiro atoms. The van der Waals surface area contributed by atoms with Gasteiger partial charge in [0.15, 0.2) is 0 Å². The summed E-state index contributed by atoms with van der Waals surface area (Å²) >= 11 is 0. The molecule has 3 heteroatoms. The van der Waals surface area contributed by atoms with E-state index in [4.69, 9.17) is 0 Å². The van der Waals surface area contributed by atoms with E-state index in [2.05, 4.69) is 24.5 Å². The zero-order valence-electron chi connectivity index (χ0n) is 10.3. The highest BCUT2D eigenvalue weighted by Crippen LogP contribution is 2.45. The van der Waals surface area contributed by atoms with Gasteiger partial charge in [-0.1, -0.05) is 32.0 Å². The summed E-state index contributed by atoms with van der Waals surface area (Å²) in [6, 6.07) is 8.42. The van der Waals surface area contributed by atoms with Gasteiger partial charge in [0.25, 0.3) is 0 Å². The predicted molar refractivity (Wildman–Crippen MR) is 68.0 cm³/mol. The van der Waals surface area contributed by atoms with Gasteiger partial charge in [0.1, 0.15) is 0 Å². The number of rotatable bonds is 2. The van der Waals surface area contributed by atoms with E-state index in [-0.39, 0.29) is 11.8 Å². The van der Waals surface area contributed by atoms with E-state index in [0.29, 0.717) is 11.5 Å². The van der Waals surface area contributed by atoms with Crippen LogP contribution in [-0.2, 0) is 4.79 Å². The molecule has 17 heavy (non-hydrogen) atoms. The summed E-state index contributed by atoms with van der Waals surface area (Å²) in [6.07, 6.45) is 1.10. The van der Waals surface area contributed by atoms with Gasteiger partial charge in [0.2, 0.25) is 5.91 Å². The minimum atomic E-state index is -0.0254. The normalized spacial score (nSPS) is 28.1.